The summed E-state index contributed by atoms with van der Waals surface area (Å²) in [5, 5.41) is 14.6. The van der Waals surface area contributed by atoms with E-state index in [1.807, 2.05) is 24.3 Å². The molecular formula is C19H24N6O3. The van der Waals surface area contributed by atoms with E-state index in [9.17, 15) is 9.59 Å². The van der Waals surface area contributed by atoms with E-state index < -0.39 is 5.97 Å². The Morgan fingerprint density at radius 3 is 2.68 bits per heavy atom. The zero-order valence-electron chi connectivity index (χ0n) is 15.8. The first-order chi connectivity index (χ1) is 13.6. The van der Waals surface area contributed by atoms with Crippen molar-refractivity contribution in [2.75, 3.05) is 36.9 Å². The Kier molecular flexibility index (Phi) is 6.36. The summed E-state index contributed by atoms with van der Waals surface area (Å²) in [6.45, 7) is 1.70. The highest BCUT2D eigenvalue weighted by Crippen LogP contribution is 2.26. The van der Waals surface area contributed by atoms with Crippen LogP contribution >= 0.6 is 0 Å². The van der Waals surface area contributed by atoms with Gasteiger partial charge in [-0.05, 0) is 25.0 Å². The van der Waals surface area contributed by atoms with Crippen molar-refractivity contribution >= 4 is 23.5 Å². The third-order valence-corrected chi connectivity index (χ3v) is 4.69. The van der Waals surface area contributed by atoms with Crippen molar-refractivity contribution in [2.24, 2.45) is 5.92 Å². The van der Waals surface area contributed by atoms with E-state index >= 15 is 0 Å². The number of hydrogen-bond acceptors (Lipinski definition) is 7. The second kappa shape index (κ2) is 9.12. The van der Waals surface area contributed by atoms with Gasteiger partial charge in [-0.3, -0.25) is 14.6 Å². The number of nitrogens with zero attached hydrogens (tertiary/aromatic N) is 4. The maximum Gasteiger partial charge on any atom is 0.305 e. The number of pyridine rings is 1. The molecule has 9 heteroatoms. The number of amides is 1. The zero-order valence-corrected chi connectivity index (χ0v) is 15.8. The van der Waals surface area contributed by atoms with Crippen LogP contribution in [0.3, 0.4) is 0 Å². The number of carbonyl (C=O) groups is 2. The molecule has 1 saturated heterocycles. The molecule has 0 unspecified atom stereocenters. The molecular weight excluding hydrogens is 360 g/mol. The molecule has 9 nitrogen and oxygen atoms in total. The minimum absolute atomic E-state index is 0.00419. The lowest BCUT2D eigenvalue weighted by Gasteiger charge is -2.32. The van der Waals surface area contributed by atoms with Crippen molar-refractivity contribution in [3.63, 3.8) is 0 Å². The molecule has 0 saturated carbocycles. The molecule has 1 aliphatic heterocycles. The molecule has 0 atom stereocenters. The van der Waals surface area contributed by atoms with Crippen LogP contribution < -0.4 is 15.5 Å². The number of piperidine rings is 1. The molecule has 3 rings (SSSR count). The summed E-state index contributed by atoms with van der Waals surface area (Å²) < 4.78 is 0. The Labute approximate surface area is 163 Å². The zero-order chi connectivity index (χ0) is 19.9. The van der Waals surface area contributed by atoms with Crippen LogP contribution in [0.15, 0.2) is 30.5 Å². The minimum atomic E-state index is -0.872. The molecule has 0 radical (unpaired) electrons. The van der Waals surface area contributed by atoms with E-state index in [4.69, 9.17) is 5.11 Å². The van der Waals surface area contributed by atoms with Crippen molar-refractivity contribution < 1.29 is 14.7 Å². The highest BCUT2D eigenvalue weighted by Gasteiger charge is 2.25. The van der Waals surface area contributed by atoms with E-state index in [0.717, 1.165) is 18.7 Å². The molecule has 3 heterocycles. The maximum absolute atomic E-state index is 11.9. The van der Waals surface area contributed by atoms with Crippen LogP contribution in [0.1, 0.15) is 19.3 Å². The Morgan fingerprint density at radius 2 is 2.04 bits per heavy atom. The van der Waals surface area contributed by atoms with Gasteiger partial charge in [0.1, 0.15) is 17.3 Å². The topological polar surface area (TPSA) is 120 Å². The Hall–Kier alpha value is -3.23. The second-order valence-electron chi connectivity index (χ2n) is 6.60. The first-order valence-electron chi connectivity index (χ1n) is 9.29. The summed E-state index contributed by atoms with van der Waals surface area (Å²) in [4.78, 5) is 38.2. The van der Waals surface area contributed by atoms with Crippen molar-refractivity contribution in [3.05, 3.63) is 30.5 Å². The summed E-state index contributed by atoms with van der Waals surface area (Å²) in [5.41, 5.74) is 0.644. The van der Waals surface area contributed by atoms with Crippen LogP contribution in [0, 0.1) is 5.92 Å². The fourth-order valence-corrected chi connectivity index (χ4v) is 3.17. The van der Waals surface area contributed by atoms with Crippen molar-refractivity contribution in [3.8, 4) is 11.5 Å². The van der Waals surface area contributed by atoms with Gasteiger partial charge in [-0.1, -0.05) is 6.07 Å². The van der Waals surface area contributed by atoms with Gasteiger partial charge < -0.3 is 20.6 Å². The number of aromatic nitrogens is 3. The third kappa shape index (κ3) is 4.93. The van der Waals surface area contributed by atoms with Crippen LogP contribution in [-0.4, -0.2) is 58.6 Å². The average molecular weight is 384 g/mol. The predicted octanol–water partition coefficient (Wildman–Crippen LogP) is 1.39. The molecule has 28 heavy (non-hydrogen) atoms. The predicted molar refractivity (Wildman–Crippen MR) is 105 cm³/mol. The van der Waals surface area contributed by atoms with E-state index in [1.54, 1.807) is 13.2 Å². The second-order valence-corrected chi connectivity index (χ2v) is 6.60. The first kappa shape index (κ1) is 19.5. The summed E-state index contributed by atoms with van der Waals surface area (Å²) in [7, 11) is 1.66. The SMILES string of the molecule is CNC(=O)C1CCN(c2cc(NCCC(=O)O)nc(-c3ccccn3)n2)CC1. The lowest BCUT2D eigenvalue weighted by atomic mass is 9.96. The van der Waals surface area contributed by atoms with Crippen molar-refractivity contribution in [2.45, 2.75) is 19.3 Å². The molecule has 0 aliphatic carbocycles. The monoisotopic (exact) mass is 384 g/mol. The van der Waals surface area contributed by atoms with Crippen molar-refractivity contribution in [1.82, 2.24) is 20.3 Å². The number of rotatable bonds is 7. The maximum atomic E-state index is 11.9. The summed E-state index contributed by atoms with van der Waals surface area (Å²) in [6.07, 6.45) is 3.18. The smallest absolute Gasteiger partial charge is 0.305 e. The number of carboxylic acid groups (broad SMARTS) is 1. The standard InChI is InChI=1S/C19H24N6O3/c1-20-19(28)13-6-10-25(11-7-13)16-12-15(22-9-5-17(26)27)23-18(24-16)14-4-2-3-8-21-14/h2-4,8,12-13H,5-7,9-11H2,1H3,(H,20,28)(H,26,27)(H,22,23,24). The number of anilines is 2. The molecule has 148 valence electrons. The fourth-order valence-electron chi connectivity index (χ4n) is 3.17. The highest BCUT2D eigenvalue weighted by molar-refractivity contribution is 5.78. The molecule has 3 N–H and O–H groups in total. The number of carboxylic acids is 1. The van der Waals surface area contributed by atoms with Gasteiger partial charge in [0.05, 0.1) is 6.42 Å². The minimum Gasteiger partial charge on any atom is -0.481 e. The summed E-state index contributed by atoms with van der Waals surface area (Å²) in [6, 6.07) is 7.33. The highest BCUT2D eigenvalue weighted by atomic mass is 16.4. The number of aliphatic carboxylic acids is 1. The van der Waals surface area contributed by atoms with Gasteiger partial charge in [-0.25, -0.2) is 9.97 Å². The molecule has 0 spiro atoms. The van der Waals surface area contributed by atoms with Gasteiger partial charge in [0.25, 0.3) is 0 Å². The van der Waals surface area contributed by atoms with Gasteiger partial charge in [0.15, 0.2) is 5.82 Å². The van der Waals surface area contributed by atoms with Crippen LogP contribution in [-0.2, 0) is 9.59 Å². The molecule has 1 aliphatic rings. The molecule has 2 aromatic rings. The summed E-state index contributed by atoms with van der Waals surface area (Å²) >= 11 is 0. The van der Waals surface area contributed by atoms with Crippen molar-refractivity contribution in [1.29, 1.82) is 0 Å². The van der Waals surface area contributed by atoms with Crippen LogP contribution in [0.4, 0.5) is 11.6 Å². The first-order valence-corrected chi connectivity index (χ1v) is 9.29. The number of hydrogen-bond donors (Lipinski definition) is 3. The largest absolute Gasteiger partial charge is 0.481 e. The van der Waals surface area contributed by atoms with Gasteiger partial charge in [0, 0.05) is 44.9 Å². The molecule has 1 fully saturated rings. The lowest BCUT2D eigenvalue weighted by Crippen LogP contribution is -2.40. The number of nitrogens with one attached hydrogen (secondary N) is 2. The Balaban J connectivity index is 1.81. The lowest BCUT2D eigenvalue weighted by molar-refractivity contribution is -0.136. The molecule has 0 bridgehead atoms. The normalized spacial score (nSPS) is 14.5. The Morgan fingerprint density at radius 1 is 1.25 bits per heavy atom. The molecule has 1 amide bonds. The van der Waals surface area contributed by atoms with Gasteiger partial charge in [0.2, 0.25) is 5.91 Å². The van der Waals surface area contributed by atoms with E-state index in [1.165, 1.54) is 0 Å². The fraction of sp³-hybridized carbons (Fsp3) is 0.421. The van der Waals surface area contributed by atoms with E-state index in [-0.39, 0.29) is 24.8 Å². The van der Waals surface area contributed by atoms with Crippen LogP contribution in [0.2, 0.25) is 0 Å². The molecule has 0 aromatic carbocycles. The Bertz CT molecular complexity index is 822. The quantitative estimate of drug-likeness (QED) is 0.655. The molecule has 2 aromatic heterocycles. The van der Waals surface area contributed by atoms with Crippen LogP contribution in [0.5, 0.6) is 0 Å². The summed E-state index contributed by atoms with van der Waals surface area (Å²) in [5.74, 6) is 0.996. The van der Waals surface area contributed by atoms with Gasteiger partial charge >= 0.3 is 5.97 Å². The van der Waals surface area contributed by atoms with Gasteiger partial charge in [-0.15, -0.1) is 0 Å². The third-order valence-electron chi connectivity index (χ3n) is 4.69. The van der Waals surface area contributed by atoms with E-state index in [2.05, 4.69) is 30.5 Å². The van der Waals surface area contributed by atoms with Gasteiger partial charge in [-0.2, -0.15) is 0 Å². The van der Waals surface area contributed by atoms with Crippen LogP contribution in [0.25, 0.3) is 11.5 Å². The number of carbonyl (C=O) groups excluding carboxylic acids is 1. The average Bonchev–Trinajstić information content (AvgIpc) is 2.73. The van der Waals surface area contributed by atoms with E-state index in [0.29, 0.717) is 30.4 Å².